The maximum Gasteiger partial charge on any atom is 0.300 e. The van der Waals surface area contributed by atoms with E-state index in [1.807, 2.05) is 0 Å². The van der Waals surface area contributed by atoms with Crippen LogP contribution in [0.1, 0.15) is 6.92 Å². The SMILES string of the molecule is [14CH3]C(=O)O.[Na]. The molecule has 0 aliphatic carbocycles. The molecule has 0 saturated carbocycles. The smallest absolute Gasteiger partial charge is 0.300 e. The largest absolute Gasteiger partial charge is 0.481 e. The van der Waals surface area contributed by atoms with Crippen LogP contribution in [0.5, 0.6) is 0 Å². The average molecular weight is 85.0 g/mol. The van der Waals surface area contributed by atoms with Gasteiger partial charge in [-0.15, -0.1) is 0 Å². The van der Waals surface area contributed by atoms with E-state index in [0.717, 1.165) is 6.92 Å². The van der Waals surface area contributed by atoms with E-state index < -0.39 is 5.97 Å². The molecule has 0 spiro atoms. The van der Waals surface area contributed by atoms with Crippen molar-refractivity contribution in [3.8, 4) is 0 Å². The van der Waals surface area contributed by atoms with Crippen LogP contribution in [0.25, 0.3) is 0 Å². The van der Waals surface area contributed by atoms with Crippen molar-refractivity contribution < 1.29 is 9.90 Å². The molecular formula is C2H4NaO2. The number of hydrogen-bond donors (Lipinski definition) is 1. The Hall–Kier alpha value is 0.470. The first-order valence-electron chi connectivity index (χ1n) is 0.928. The third-order valence-electron chi connectivity index (χ3n) is 0. The van der Waals surface area contributed by atoms with Gasteiger partial charge in [-0.3, -0.25) is 4.79 Å². The Morgan fingerprint density at radius 2 is 1.80 bits per heavy atom. The predicted molar refractivity (Wildman–Crippen MR) is 19.1 cm³/mol. The van der Waals surface area contributed by atoms with Crippen LogP contribution in [-0.2, 0) is 4.79 Å². The van der Waals surface area contributed by atoms with Gasteiger partial charge in [0.15, 0.2) is 0 Å². The molecule has 0 aliphatic rings. The molecule has 0 amide bonds. The summed E-state index contributed by atoms with van der Waals surface area (Å²) in [6.07, 6.45) is 0. The molecule has 0 rings (SSSR count). The van der Waals surface area contributed by atoms with Crippen LogP contribution in [0.3, 0.4) is 0 Å². The van der Waals surface area contributed by atoms with Crippen molar-refractivity contribution in [3.05, 3.63) is 0 Å². The van der Waals surface area contributed by atoms with Crippen LogP contribution in [0, 0.1) is 0 Å². The van der Waals surface area contributed by atoms with Crippen LogP contribution < -0.4 is 0 Å². The molecule has 0 bridgehead atoms. The summed E-state index contributed by atoms with van der Waals surface area (Å²) < 4.78 is 0. The topological polar surface area (TPSA) is 37.3 Å². The predicted octanol–water partition coefficient (Wildman–Crippen LogP) is -0.290. The van der Waals surface area contributed by atoms with E-state index in [1.165, 1.54) is 0 Å². The van der Waals surface area contributed by atoms with E-state index >= 15 is 0 Å². The average Bonchev–Trinajstić information content (AvgIpc) is 0.811. The molecule has 25 valence electrons. The van der Waals surface area contributed by atoms with Crippen LogP contribution in [-0.4, -0.2) is 40.6 Å². The molecule has 2 nitrogen and oxygen atoms in total. The van der Waals surface area contributed by atoms with Gasteiger partial charge in [0.05, 0.1) is 0 Å². The molecule has 1 radical (unpaired) electrons. The zero-order chi connectivity index (χ0) is 3.58. The molecule has 0 aliphatic heterocycles. The fourth-order valence-corrected chi connectivity index (χ4v) is 0. The number of hydrogen-bond acceptors (Lipinski definition) is 1. The first-order valence-corrected chi connectivity index (χ1v) is 0.928. The Labute approximate surface area is 52.5 Å². The fourth-order valence-electron chi connectivity index (χ4n) is 0. The van der Waals surface area contributed by atoms with Crippen LogP contribution >= 0.6 is 0 Å². The maximum atomic E-state index is 9.00. The summed E-state index contributed by atoms with van der Waals surface area (Å²) in [5.41, 5.74) is 0. The van der Waals surface area contributed by atoms with Gasteiger partial charge in [0.25, 0.3) is 5.97 Å². The van der Waals surface area contributed by atoms with Crippen molar-refractivity contribution in [3.63, 3.8) is 0 Å². The van der Waals surface area contributed by atoms with Crippen LogP contribution in [0.15, 0.2) is 0 Å². The van der Waals surface area contributed by atoms with Crippen molar-refractivity contribution in [1.29, 1.82) is 0 Å². The van der Waals surface area contributed by atoms with Gasteiger partial charge in [-0.2, -0.15) is 0 Å². The van der Waals surface area contributed by atoms with Crippen molar-refractivity contribution in [1.82, 2.24) is 0 Å². The first kappa shape index (κ1) is 9.08. The third kappa shape index (κ3) is 123. The minimum absolute atomic E-state index is 0. The summed E-state index contributed by atoms with van der Waals surface area (Å²) in [4.78, 5) is 9.00. The van der Waals surface area contributed by atoms with E-state index in [0.29, 0.717) is 0 Å². The van der Waals surface area contributed by atoms with Gasteiger partial charge in [0, 0.05) is 36.5 Å². The van der Waals surface area contributed by atoms with Gasteiger partial charge < -0.3 is 5.11 Å². The second kappa shape index (κ2) is 4.47. The Morgan fingerprint density at radius 1 is 1.80 bits per heavy atom. The fraction of sp³-hybridized carbons (Fsp3) is 0.500. The summed E-state index contributed by atoms with van der Waals surface area (Å²) in [6, 6.07) is 0. The van der Waals surface area contributed by atoms with Crippen molar-refractivity contribution in [2.75, 3.05) is 0 Å². The molecular weight excluding hydrogens is 81.0 g/mol. The van der Waals surface area contributed by atoms with E-state index in [9.17, 15) is 0 Å². The Morgan fingerprint density at radius 3 is 1.80 bits per heavy atom. The Balaban J connectivity index is 0. The van der Waals surface area contributed by atoms with Crippen molar-refractivity contribution in [2.24, 2.45) is 0 Å². The zero-order valence-electron chi connectivity index (χ0n) is 3.36. The molecule has 0 heterocycles. The maximum absolute atomic E-state index is 9.00. The number of carbonyl (C=O) groups is 1. The van der Waals surface area contributed by atoms with Gasteiger partial charge in [-0.05, 0) is 0 Å². The Bertz CT molecular complexity index is 30.6. The van der Waals surface area contributed by atoms with Crippen molar-refractivity contribution >= 4 is 35.5 Å². The summed E-state index contributed by atoms with van der Waals surface area (Å²) >= 11 is 0. The van der Waals surface area contributed by atoms with Gasteiger partial charge in [-0.1, -0.05) is 0 Å². The quantitative estimate of drug-likeness (QED) is 0.410. The second-order valence-corrected chi connectivity index (χ2v) is 0.519. The third-order valence-corrected chi connectivity index (χ3v) is 0. The van der Waals surface area contributed by atoms with Gasteiger partial charge in [0.1, 0.15) is 0 Å². The van der Waals surface area contributed by atoms with Crippen LogP contribution in [0.2, 0.25) is 0 Å². The monoisotopic (exact) mass is 85.0 g/mol. The normalized spacial score (nSPS) is 5.00. The van der Waals surface area contributed by atoms with E-state index in [4.69, 9.17) is 9.90 Å². The molecule has 0 aromatic carbocycles. The molecule has 1 N–H and O–H groups in total. The minimum atomic E-state index is -0.833. The molecule has 0 aromatic rings. The molecule has 0 saturated heterocycles. The summed E-state index contributed by atoms with van der Waals surface area (Å²) in [6.45, 7) is 1.08. The minimum Gasteiger partial charge on any atom is -0.481 e. The van der Waals surface area contributed by atoms with E-state index in [-0.39, 0.29) is 29.6 Å². The van der Waals surface area contributed by atoms with E-state index in [2.05, 4.69) is 0 Å². The standard InChI is InChI=1S/C2H4O2.Na/c1-2(3)4;/h1H3,(H,3,4);/i1+2;. The second-order valence-electron chi connectivity index (χ2n) is 0.519. The Kier molecular flexibility index (Phi) is 8.11. The number of aliphatic carboxylic acids is 1. The number of rotatable bonds is 0. The van der Waals surface area contributed by atoms with Gasteiger partial charge in [0.2, 0.25) is 0 Å². The van der Waals surface area contributed by atoms with Gasteiger partial charge in [-0.25, -0.2) is 0 Å². The van der Waals surface area contributed by atoms with Gasteiger partial charge >= 0.3 is 0 Å². The molecule has 0 unspecified atom stereocenters. The summed E-state index contributed by atoms with van der Waals surface area (Å²) in [7, 11) is 0. The number of carboxylic acid groups (broad SMARTS) is 1. The first-order chi connectivity index (χ1) is 1.73. The summed E-state index contributed by atoms with van der Waals surface area (Å²) in [5.74, 6) is -0.833. The van der Waals surface area contributed by atoms with Crippen molar-refractivity contribution in [2.45, 2.75) is 6.92 Å². The summed E-state index contributed by atoms with van der Waals surface area (Å²) in [5, 5.41) is 7.42. The number of carboxylic acids is 1. The molecule has 0 aromatic heterocycles. The zero-order valence-corrected chi connectivity index (χ0v) is 5.36. The molecule has 3 heteroatoms. The molecule has 0 fully saturated rings. The van der Waals surface area contributed by atoms with E-state index in [1.54, 1.807) is 0 Å². The molecule has 5 heavy (non-hydrogen) atoms. The van der Waals surface area contributed by atoms with Crippen LogP contribution in [0.4, 0.5) is 0 Å². The molecule has 0 atom stereocenters.